The Kier molecular flexibility index (Phi) is 12.8. The van der Waals surface area contributed by atoms with Gasteiger partial charge >= 0.3 is 17.9 Å². The second-order valence-corrected chi connectivity index (χ2v) is 14.4. The molecule has 0 spiro atoms. The van der Waals surface area contributed by atoms with Crippen molar-refractivity contribution in [3.05, 3.63) is 34.9 Å². The smallest absolute Gasteiger partial charge is 0.303 e. The van der Waals surface area contributed by atoms with Gasteiger partial charge < -0.3 is 19.3 Å². The lowest BCUT2D eigenvalue weighted by molar-refractivity contribution is -0.189. The molecule has 1 fully saturated rings. The van der Waals surface area contributed by atoms with Gasteiger partial charge in [0.05, 0.1) is 6.10 Å². The van der Waals surface area contributed by atoms with E-state index < -0.39 is 46.7 Å². The first kappa shape index (κ1) is 37.4. The summed E-state index contributed by atoms with van der Waals surface area (Å²) in [6.07, 6.45) is 8.14. The maximum absolute atomic E-state index is 12.7. The number of rotatable bonds is 12. The Morgan fingerprint density at radius 2 is 1.61 bits per heavy atom. The van der Waals surface area contributed by atoms with Crippen molar-refractivity contribution in [1.29, 1.82) is 0 Å². The molecule has 8 nitrogen and oxygen atoms in total. The average molecular weight is 617 g/mol. The van der Waals surface area contributed by atoms with Gasteiger partial charge in [-0.3, -0.25) is 19.2 Å². The molecule has 2 aliphatic carbocycles. The summed E-state index contributed by atoms with van der Waals surface area (Å²) in [5.41, 5.74) is 1.28. The highest BCUT2D eigenvalue weighted by Crippen LogP contribution is 2.50. The number of hydrogen-bond acceptors (Lipinski definition) is 8. The van der Waals surface area contributed by atoms with E-state index in [0.29, 0.717) is 32.1 Å². The molecule has 2 rings (SSSR count). The van der Waals surface area contributed by atoms with Crippen molar-refractivity contribution in [1.82, 2.24) is 0 Å². The van der Waals surface area contributed by atoms with Gasteiger partial charge in [-0.2, -0.15) is 0 Å². The van der Waals surface area contributed by atoms with Crippen LogP contribution in [0.4, 0.5) is 0 Å². The minimum absolute atomic E-state index is 0.0460. The molecule has 0 unspecified atom stereocenters. The van der Waals surface area contributed by atoms with Gasteiger partial charge in [-0.15, -0.1) is 0 Å². The summed E-state index contributed by atoms with van der Waals surface area (Å²) >= 11 is 0. The number of esters is 3. The van der Waals surface area contributed by atoms with E-state index in [1.165, 1.54) is 20.8 Å². The van der Waals surface area contributed by atoms with E-state index in [9.17, 15) is 24.3 Å². The van der Waals surface area contributed by atoms with Gasteiger partial charge in [0.2, 0.25) is 0 Å². The van der Waals surface area contributed by atoms with Gasteiger partial charge in [0, 0.05) is 44.9 Å². The average Bonchev–Trinajstić information content (AvgIpc) is 2.88. The number of allylic oxidation sites excluding steroid dienone is 3. The van der Waals surface area contributed by atoms with Crippen LogP contribution in [-0.4, -0.2) is 52.7 Å². The van der Waals surface area contributed by atoms with Gasteiger partial charge in [-0.25, -0.2) is 0 Å². The zero-order chi connectivity index (χ0) is 33.6. The second-order valence-electron chi connectivity index (χ2n) is 14.4. The predicted molar refractivity (Wildman–Crippen MR) is 170 cm³/mol. The lowest BCUT2D eigenvalue weighted by atomic mass is 9.58. The summed E-state index contributed by atoms with van der Waals surface area (Å²) in [6.45, 7) is 20.0. The lowest BCUT2D eigenvalue weighted by Crippen LogP contribution is -2.55. The zero-order valence-corrected chi connectivity index (χ0v) is 28.9. The van der Waals surface area contributed by atoms with Crippen LogP contribution in [0.1, 0.15) is 121 Å². The van der Waals surface area contributed by atoms with E-state index in [1.54, 1.807) is 0 Å². The number of aliphatic hydroxyl groups is 1. The first-order valence-electron chi connectivity index (χ1n) is 16.0. The van der Waals surface area contributed by atoms with Crippen LogP contribution < -0.4 is 0 Å². The topological polar surface area (TPSA) is 116 Å². The van der Waals surface area contributed by atoms with Crippen molar-refractivity contribution in [2.75, 3.05) is 0 Å². The summed E-state index contributed by atoms with van der Waals surface area (Å²) in [5, 5.41) is 10.8. The fraction of sp³-hybridized carbons (Fsp3) is 0.722. The highest BCUT2D eigenvalue weighted by Gasteiger charge is 2.52. The summed E-state index contributed by atoms with van der Waals surface area (Å²) in [6, 6.07) is 0. The number of ether oxygens (including phenoxy) is 3. The van der Waals surface area contributed by atoms with E-state index >= 15 is 0 Å². The minimum atomic E-state index is -0.661. The van der Waals surface area contributed by atoms with E-state index in [0.717, 1.165) is 29.6 Å². The Morgan fingerprint density at radius 1 is 1.00 bits per heavy atom. The first-order valence-corrected chi connectivity index (χ1v) is 16.0. The molecule has 0 aliphatic heterocycles. The van der Waals surface area contributed by atoms with Crippen LogP contribution in [0.2, 0.25) is 0 Å². The maximum atomic E-state index is 12.7. The van der Waals surface area contributed by atoms with Gasteiger partial charge in [0.15, 0.2) is 0 Å². The fourth-order valence-corrected chi connectivity index (χ4v) is 7.32. The molecular weight excluding hydrogens is 560 g/mol. The molecule has 248 valence electrons. The first-order chi connectivity index (χ1) is 20.2. The normalized spacial score (nSPS) is 28.4. The molecule has 0 heterocycles. The fourth-order valence-electron chi connectivity index (χ4n) is 7.32. The quantitative estimate of drug-likeness (QED) is 0.142. The van der Waals surface area contributed by atoms with Gasteiger partial charge in [-0.1, -0.05) is 51.0 Å². The number of Topliss-reactive ketones (excluding diaryl/α,β-unsaturated/α-hetero) is 1. The SMILES string of the molecule is CC(=O)O[C@@H](C[C@@H]1C(C)=CCC(=O)C1(C)C)/C(C)=C/[C@@H](CC=C(C)CC[C@H]1C(C)(C)[C@@H](O)CC[C@]1(C)OC(C)=O)OC(C)=O. The molecule has 1 N–H and O–H groups in total. The highest BCUT2D eigenvalue weighted by atomic mass is 16.6. The predicted octanol–water partition coefficient (Wildman–Crippen LogP) is 6.98. The molecule has 1 saturated carbocycles. The van der Waals surface area contributed by atoms with Gasteiger partial charge in [0.1, 0.15) is 23.6 Å². The Bertz CT molecular complexity index is 1170. The summed E-state index contributed by atoms with van der Waals surface area (Å²) in [7, 11) is 0. The van der Waals surface area contributed by atoms with Crippen LogP contribution >= 0.6 is 0 Å². The van der Waals surface area contributed by atoms with E-state index in [2.05, 4.69) is 0 Å². The molecule has 0 bridgehead atoms. The van der Waals surface area contributed by atoms with Crippen LogP contribution in [0.25, 0.3) is 0 Å². The monoisotopic (exact) mass is 616 g/mol. The number of ketones is 1. The van der Waals surface area contributed by atoms with Crippen molar-refractivity contribution in [3.8, 4) is 0 Å². The van der Waals surface area contributed by atoms with Crippen molar-refractivity contribution in [2.24, 2.45) is 22.7 Å². The Balaban J connectivity index is 2.26. The molecule has 2 aliphatic rings. The van der Waals surface area contributed by atoms with Crippen LogP contribution in [0.5, 0.6) is 0 Å². The molecular formula is C36H56O8. The summed E-state index contributed by atoms with van der Waals surface area (Å²) < 4.78 is 17.2. The summed E-state index contributed by atoms with van der Waals surface area (Å²) in [4.78, 5) is 48.8. The second kappa shape index (κ2) is 15.0. The van der Waals surface area contributed by atoms with E-state index in [-0.39, 0.29) is 23.6 Å². The number of aliphatic hydroxyl groups excluding tert-OH is 1. The van der Waals surface area contributed by atoms with Crippen LogP contribution in [0, 0.1) is 22.7 Å². The molecule has 0 amide bonds. The Labute approximate surface area is 264 Å². The Morgan fingerprint density at radius 3 is 2.18 bits per heavy atom. The van der Waals surface area contributed by atoms with Crippen LogP contribution in [0.3, 0.4) is 0 Å². The van der Waals surface area contributed by atoms with E-state index in [4.69, 9.17) is 14.2 Å². The van der Waals surface area contributed by atoms with Gasteiger partial charge in [0.25, 0.3) is 0 Å². The molecule has 6 atom stereocenters. The van der Waals surface area contributed by atoms with Crippen LogP contribution in [0.15, 0.2) is 34.9 Å². The van der Waals surface area contributed by atoms with Crippen molar-refractivity contribution in [3.63, 3.8) is 0 Å². The third-order valence-electron chi connectivity index (χ3n) is 10.1. The number of carbonyl (C=O) groups excluding carboxylic acids is 4. The largest absolute Gasteiger partial charge is 0.459 e. The molecule has 0 aromatic heterocycles. The zero-order valence-electron chi connectivity index (χ0n) is 28.9. The maximum Gasteiger partial charge on any atom is 0.303 e. The summed E-state index contributed by atoms with van der Waals surface area (Å²) in [5.74, 6) is -1.13. The van der Waals surface area contributed by atoms with Crippen molar-refractivity contribution in [2.45, 2.75) is 145 Å². The molecule has 44 heavy (non-hydrogen) atoms. The molecule has 0 aromatic rings. The van der Waals surface area contributed by atoms with Crippen molar-refractivity contribution < 1.29 is 38.5 Å². The third-order valence-corrected chi connectivity index (χ3v) is 10.1. The molecule has 0 saturated heterocycles. The highest BCUT2D eigenvalue weighted by molar-refractivity contribution is 5.87. The van der Waals surface area contributed by atoms with E-state index in [1.807, 2.05) is 73.6 Å². The van der Waals surface area contributed by atoms with Crippen molar-refractivity contribution >= 4 is 23.7 Å². The molecule has 8 heteroatoms. The minimum Gasteiger partial charge on any atom is -0.459 e. The number of carbonyl (C=O) groups is 4. The standard InChI is InChI=1S/C36H56O8/c1-22(13-16-31-35(9,10)33(41)18-19-36(31,11)44-27(6)39)12-15-28(42-25(4)37)20-24(3)30(43-26(5)38)21-29-23(2)14-17-32(40)34(29,7)8/h12,14,20,28-31,33,41H,13,15-19,21H2,1-11H3/b22-12?,24-20+/t28-,29-,30+,31+,33+,36+/m1/s1. The number of hydrogen-bond donors (Lipinski definition) is 1. The third kappa shape index (κ3) is 9.63. The molecule has 0 radical (unpaired) electrons. The Hall–Kier alpha value is -2.74. The van der Waals surface area contributed by atoms with Crippen LogP contribution in [-0.2, 0) is 33.4 Å². The molecule has 0 aromatic carbocycles. The van der Waals surface area contributed by atoms with Gasteiger partial charge in [-0.05, 0) is 82.8 Å². The lowest BCUT2D eigenvalue weighted by Gasteiger charge is -2.52.